The minimum Gasteiger partial charge on any atom is -0.491 e. The summed E-state index contributed by atoms with van der Waals surface area (Å²) in [6.45, 7) is 3.53. The van der Waals surface area contributed by atoms with Crippen LogP contribution in [-0.4, -0.2) is 84.5 Å². The van der Waals surface area contributed by atoms with E-state index in [1.165, 1.54) is 24.5 Å². The number of aromatic nitrogens is 4. The molecule has 0 bridgehead atoms. The van der Waals surface area contributed by atoms with E-state index in [0.717, 1.165) is 33.1 Å². The first-order valence-corrected chi connectivity index (χ1v) is 15.5. The van der Waals surface area contributed by atoms with Crippen LogP contribution < -0.4 is 26.7 Å². The van der Waals surface area contributed by atoms with Crippen LogP contribution in [0.3, 0.4) is 0 Å². The molecule has 6 rings (SSSR count). The Morgan fingerprint density at radius 2 is 1.19 bits per heavy atom. The minimum absolute atomic E-state index is 0.0708. The number of nitrogens with two attached hydrogens (primary N) is 3. The van der Waals surface area contributed by atoms with E-state index in [-0.39, 0.29) is 47.2 Å². The van der Waals surface area contributed by atoms with Crippen molar-refractivity contribution in [1.29, 1.82) is 0 Å². The number of amides is 3. The normalized spacial score (nSPS) is 14.5. The van der Waals surface area contributed by atoms with Crippen LogP contribution in [0, 0.1) is 35.3 Å². The summed E-state index contributed by atoms with van der Waals surface area (Å²) in [6.07, 6.45) is 2.98. The number of fused-ring (bicyclic) bond motifs is 6. The van der Waals surface area contributed by atoms with Crippen LogP contribution in [0.25, 0.3) is 22.8 Å². The molecule has 2 atom stereocenters. The van der Waals surface area contributed by atoms with Crippen molar-refractivity contribution in [3.63, 3.8) is 0 Å². The van der Waals surface area contributed by atoms with Gasteiger partial charge in [0.2, 0.25) is 11.2 Å². The number of benzene rings is 2. The molecule has 18 heteroatoms. The smallest absolute Gasteiger partial charge is 0.350 e. The summed E-state index contributed by atoms with van der Waals surface area (Å²) in [5, 5.41) is 19.8. The van der Waals surface area contributed by atoms with Crippen LogP contribution >= 0.6 is 0 Å². The Kier molecular flexibility index (Phi) is 10.2. The average molecular weight is 732 g/mol. The molecular formula is C35H31F2N7O9. The van der Waals surface area contributed by atoms with Crippen molar-refractivity contribution in [3.05, 3.63) is 70.8 Å². The van der Waals surface area contributed by atoms with Crippen molar-refractivity contribution in [2.24, 2.45) is 17.2 Å². The zero-order valence-corrected chi connectivity index (χ0v) is 28.3. The summed E-state index contributed by atoms with van der Waals surface area (Å²) < 4.78 is 47.6. The van der Waals surface area contributed by atoms with Gasteiger partial charge in [-0.25, -0.2) is 23.5 Å². The fourth-order valence-corrected chi connectivity index (χ4v) is 4.93. The molecule has 3 amide bonds. The van der Waals surface area contributed by atoms with Gasteiger partial charge in [-0.15, -0.1) is 0 Å². The molecule has 16 nitrogen and oxygen atoms in total. The molecule has 4 heterocycles. The van der Waals surface area contributed by atoms with Gasteiger partial charge in [0.1, 0.15) is 59.4 Å². The predicted octanol–water partition coefficient (Wildman–Crippen LogP) is 0.224. The molecule has 53 heavy (non-hydrogen) atoms. The Balaban J connectivity index is 0.000000204. The van der Waals surface area contributed by atoms with E-state index < -0.39 is 46.5 Å². The highest BCUT2D eigenvalue weighted by atomic mass is 19.1. The van der Waals surface area contributed by atoms with Crippen LogP contribution in [0.4, 0.5) is 8.78 Å². The van der Waals surface area contributed by atoms with Gasteiger partial charge < -0.3 is 50.8 Å². The number of aliphatic hydroxyl groups is 2. The van der Waals surface area contributed by atoms with E-state index in [1.807, 2.05) is 0 Å². The minimum atomic E-state index is -2.10. The molecular weight excluding hydrogens is 700 g/mol. The molecule has 0 spiro atoms. The highest BCUT2D eigenvalue weighted by Crippen LogP contribution is 2.35. The molecule has 0 saturated heterocycles. The second-order valence-corrected chi connectivity index (χ2v) is 11.9. The number of methoxy groups -OCH3 is 1. The molecule has 8 N–H and O–H groups in total. The average Bonchev–Trinajstić information content (AvgIpc) is 3.64. The van der Waals surface area contributed by atoms with Gasteiger partial charge in [0.15, 0.2) is 0 Å². The lowest BCUT2D eigenvalue weighted by Gasteiger charge is -2.12. The summed E-state index contributed by atoms with van der Waals surface area (Å²) in [6, 6.07) is 5.01. The Morgan fingerprint density at radius 1 is 0.774 bits per heavy atom. The molecule has 0 aliphatic carbocycles. The molecule has 4 aromatic rings. The van der Waals surface area contributed by atoms with E-state index in [9.17, 15) is 38.2 Å². The maximum Gasteiger partial charge on any atom is 0.350 e. The first-order valence-electron chi connectivity index (χ1n) is 15.5. The molecule has 2 aromatic carbocycles. The fraction of sp³-hybridized carbons (Fsp3) is 0.257. The zero-order chi connectivity index (χ0) is 38.8. The summed E-state index contributed by atoms with van der Waals surface area (Å²) in [4.78, 5) is 53.8. The Morgan fingerprint density at radius 3 is 1.57 bits per heavy atom. The number of rotatable bonds is 4. The van der Waals surface area contributed by atoms with Gasteiger partial charge in [-0.1, -0.05) is 23.7 Å². The van der Waals surface area contributed by atoms with Crippen LogP contribution in [0.1, 0.15) is 46.0 Å². The molecule has 274 valence electrons. The van der Waals surface area contributed by atoms with Crippen molar-refractivity contribution in [1.82, 2.24) is 19.1 Å². The molecule has 2 aromatic heterocycles. The highest BCUT2D eigenvalue weighted by molar-refractivity contribution is 5.92. The Hall–Kier alpha value is -6.76. The standard InChI is InChI=1S/C18H16FN3O5.C17H15FN4O4/c1-18(25,17(24)26-2)4-3-10-7-11-14(8-12(10)19)27-6-5-22-9-13(15(20)23)21-16(11)22;1-17(25,16(20)24)3-2-9-6-10-13(7-11(9)18)26-5-4-22-8-12(14(19)23)21-15(10)22/h7-9,25H,5-6H2,1-2H3,(H2,20,23);6-8,25H,4-5H2,1H3,(H2,19,23)(H2,20,24). The number of ether oxygens (including phenoxy) is 3. The second kappa shape index (κ2) is 14.5. The SMILES string of the molecule is CC(O)(C#Cc1cc2c(cc1F)OCCn1cc(C(N)=O)nc1-2)C(N)=O.COC(=O)C(C)(O)C#Cc1cc2c(cc1F)OCCn1cc(C(N)=O)nc1-2. The van der Waals surface area contributed by atoms with Crippen molar-refractivity contribution in [2.75, 3.05) is 20.3 Å². The largest absolute Gasteiger partial charge is 0.491 e. The third-order valence-electron chi connectivity index (χ3n) is 7.80. The van der Waals surface area contributed by atoms with Crippen LogP contribution in [0.5, 0.6) is 11.5 Å². The monoisotopic (exact) mass is 731 g/mol. The van der Waals surface area contributed by atoms with E-state index in [0.29, 0.717) is 35.9 Å². The lowest BCUT2D eigenvalue weighted by molar-refractivity contribution is -0.154. The third-order valence-corrected chi connectivity index (χ3v) is 7.80. The second-order valence-electron chi connectivity index (χ2n) is 11.9. The summed E-state index contributed by atoms with van der Waals surface area (Å²) in [7, 11) is 1.11. The summed E-state index contributed by atoms with van der Waals surface area (Å²) in [5.74, 6) is 5.79. The van der Waals surface area contributed by atoms with Gasteiger partial charge in [0.05, 0.1) is 42.5 Å². The van der Waals surface area contributed by atoms with E-state index in [4.69, 9.17) is 26.7 Å². The van der Waals surface area contributed by atoms with Gasteiger partial charge in [0.25, 0.3) is 17.7 Å². The predicted molar refractivity (Wildman–Crippen MR) is 179 cm³/mol. The lowest BCUT2D eigenvalue weighted by atomic mass is 10.0. The van der Waals surface area contributed by atoms with Crippen molar-refractivity contribution in [2.45, 2.75) is 38.1 Å². The number of primary amides is 3. The lowest BCUT2D eigenvalue weighted by Crippen LogP contribution is -2.39. The van der Waals surface area contributed by atoms with Crippen LogP contribution in [0.2, 0.25) is 0 Å². The van der Waals surface area contributed by atoms with Gasteiger partial charge in [-0.3, -0.25) is 14.4 Å². The quantitative estimate of drug-likeness (QED) is 0.140. The van der Waals surface area contributed by atoms with Crippen molar-refractivity contribution >= 4 is 23.7 Å². The summed E-state index contributed by atoms with van der Waals surface area (Å²) in [5.41, 5.74) is 12.2. The van der Waals surface area contributed by atoms with Gasteiger partial charge in [-0.2, -0.15) is 0 Å². The highest BCUT2D eigenvalue weighted by Gasteiger charge is 2.30. The first-order chi connectivity index (χ1) is 24.9. The Bertz CT molecular complexity index is 2310. The van der Waals surface area contributed by atoms with Crippen molar-refractivity contribution in [3.8, 4) is 58.0 Å². The molecule has 2 unspecified atom stereocenters. The van der Waals surface area contributed by atoms with E-state index in [1.54, 1.807) is 9.13 Å². The number of imidazole rings is 2. The Labute approximate surface area is 299 Å². The number of hydrogen-bond donors (Lipinski definition) is 5. The number of carbonyl (C=O) groups excluding carboxylic acids is 4. The molecule has 0 fully saturated rings. The van der Waals surface area contributed by atoms with Crippen molar-refractivity contribution < 1.29 is 52.4 Å². The number of esters is 1. The van der Waals surface area contributed by atoms with Crippen LogP contribution in [-0.2, 0) is 27.4 Å². The van der Waals surface area contributed by atoms with Gasteiger partial charge in [-0.05, 0) is 26.0 Å². The van der Waals surface area contributed by atoms with Gasteiger partial charge in [0, 0.05) is 24.5 Å². The van der Waals surface area contributed by atoms with Crippen LogP contribution in [0.15, 0.2) is 36.7 Å². The first kappa shape index (κ1) is 37.5. The maximum absolute atomic E-state index is 14.4. The third kappa shape index (κ3) is 7.94. The number of hydrogen-bond acceptors (Lipinski definition) is 11. The zero-order valence-electron chi connectivity index (χ0n) is 28.3. The molecule has 2 aliphatic rings. The number of nitrogens with zero attached hydrogens (tertiary/aromatic N) is 4. The fourth-order valence-electron chi connectivity index (χ4n) is 4.93. The van der Waals surface area contributed by atoms with E-state index >= 15 is 0 Å². The molecule has 2 aliphatic heterocycles. The molecule has 0 saturated carbocycles. The molecule has 0 radical (unpaired) electrons. The number of carbonyl (C=O) groups is 4. The topological polar surface area (TPSA) is 250 Å². The van der Waals surface area contributed by atoms with Gasteiger partial charge >= 0.3 is 5.97 Å². The maximum atomic E-state index is 14.4. The number of halogens is 2. The van der Waals surface area contributed by atoms with E-state index in [2.05, 4.69) is 38.4 Å². The summed E-state index contributed by atoms with van der Waals surface area (Å²) >= 11 is 0.